The lowest BCUT2D eigenvalue weighted by Gasteiger charge is -2.15. The van der Waals surface area contributed by atoms with Gasteiger partial charge < -0.3 is 5.32 Å². The molecule has 0 atom stereocenters. The van der Waals surface area contributed by atoms with Gasteiger partial charge >= 0.3 is 0 Å². The summed E-state index contributed by atoms with van der Waals surface area (Å²) in [5.74, 6) is -1.46. The first kappa shape index (κ1) is 18.0. The Balaban J connectivity index is 1.76. The van der Waals surface area contributed by atoms with Crippen molar-refractivity contribution in [3.63, 3.8) is 0 Å². The standard InChI is InChI=1S/C22H15FN2O2S/c23-17-13-7-8-14-18(17)24-19-20(28-16-11-5-2-6-12-16)22(27)25(21(19)26)15-9-3-1-4-10-15/h1-14,24H. The van der Waals surface area contributed by atoms with E-state index in [2.05, 4.69) is 5.32 Å². The lowest BCUT2D eigenvalue weighted by Crippen LogP contribution is -2.32. The van der Waals surface area contributed by atoms with E-state index in [1.807, 2.05) is 30.3 Å². The molecule has 1 heterocycles. The van der Waals surface area contributed by atoms with Gasteiger partial charge in [0.15, 0.2) is 0 Å². The molecule has 0 aromatic heterocycles. The van der Waals surface area contributed by atoms with E-state index in [1.165, 1.54) is 23.9 Å². The molecule has 0 fully saturated rings. The highest BCUT2D eigenvalue weighted by Gasteiger charge is 2.40. The summed E-state index contributed by atoms with van der Waals surface area (Å²) in [4.78, 5) is 28.3. The normalized spacial score (nSPS) is 14.0. The predicted molar refractivity (Wildman–Crippen MR) is 108 cm³/mol. The van der Waals surface area contributed by atoms with Crippen LogP contribution in [0.5, 0.6) is 0 Å². The van der Waals surface area contributed by atoms with Crippen molar-refractivity contribution in [2.75, 3.05) is 10.2 Å². The minimum absolute atomic E-state index is 0.0628. The Labute approximate surface area is 165 Å². The quantitative estimate of drug-likeness (QED) is 0.635. The molecular weight excluding hydrogens is 375 g/mol. The van der Waals surface area contributed by atoms with Gasteiger partial charge in [0.2, 0.25) is 0 Å². The van der Waals surface area contributed by atoms with Crippen LogP contribution in [0.15, 0.2) is 100 Å². The summed E-state index contributed by atoms with van der Waals surface area (Å²) in [6.07, 6.45) is 0. The van der Waals surface area contributed by atoms with E-state index in [-0.39, 0.29) is 16.3 Å². The first-order valence-corrected chi connectivity index (χ1v) is 9.39. The van der Waals surface area contributed by atoms with Gasteiger partial charge in [0.25, 0.3) is 11.8 Å². The fourth-order valence-electron chi connectivity index (χ4n) is 2.83. The number of rotatable bonds is 5. The van der Waals surface area contributed by atoms with E-state index in [1.54, 1.807) is 42.5 Å². The number of thioether (sulfide) groups is 1. The molecule has 6 heteroatoms. The molecule has 0 spiro atoms. The van der Waals surface area contributed by atoms with E-state index >= 15 is 0 Å². The van der Waals surface area contributed by atoms with Gasteiger partial charge in [-0.2, -0.15) is 0 Å². The van der Waals surface area contributed by atoms with Crippen LogP contribution in [-0.2, 0) is 9.59 Å². The van der Waals surface area contributed by atoms with Crippen molar-refractivity contribution in [1.82, 2.24) is 0 Å². The Hall–Kier alpha value is -3.38. The number of hydrogen-bond donors (Lipinski definition) is 1. The Kier molecular flexibility index (Phi) is 4.95. The molecule has 3 aromatic carbocycles. The molecule has 2 amide bonds. The zero-order valence-electron chi connectivity index (χ0n) is 14.6. The number of imide groups is 1. The number of carbonyl (C=O) groups is 2. The van der Waals surface area contributed by atoms with Crippen molar-refractivity contribution in [1.29, 1.82) is 0 Å². The van der Waals surface area contributed by atoms with E-state index in [9.17, 15) is 14.0 Å². The van der Waals surface area contributed by atoms with E-state index in [0.29, 0.717) is 5.69 Å². The van der Waals surface area contributed by atoms with Gasteiger partial charge in [-0.3, -0.25) is 9.59 Å². The second-order valence-electron chi connectivity index (χ2n) is 6.01. The monoisotopic (exact) mass is 390 g/mol. The van der Waals surface area contributed by atoms with E-state index in [0.717, 1.165) is 9.80 Å². The van der Waals surface area contributed by atoms with E-state index < -0.39 is 17.6 Å². The molecule has 0 unspecified atom stereocenters. The van der Waals surface area contributed by atoms with Crippen LogP contribution in [0.25, 0.3) is 0 Å². The van der Waals surface area contributed by atoms with Gasteiger partial charge in [-0.05, 0) is 36.4 Å². The third kappa shape index (κ3) is 3.42. The van der Waals surface area contributed by atoms with Crippen molar-refractivity contribution in [2.24, 2.45) is 0 Å². The maximum absolute atomic E-state index is 14.1. The number of carbonyl (C=O) groups excluding carboxylic acids is 2. The summed E-state index contributed by atoms with van der Waals surface area (Å²) < 4.78 is 14.1. The molecule has 1 N–H and O–H groups in total. The molecule has 4 nitrogen and oxygen atoms in total. The number of benzene rings is 3. The SMILES string of the molecule is O=C1C(Nc2ccccc2F)=C(Sc2ccccc2)C(=O)N1c1ccccc1. The smallest absolute Gasteiger partial charge is 0.283 e. The highest BCUT2D eigenvalue weighted by atomic mass is 32.2. The number of nitrogens with one attached hydrogen (secondary N) is 1. The van der Waals surface area contributed by atoms with Gasteiger partial charge in [-0.1, -0.05) is 60.3 Å². The highest BCUT2D eigenvalue weighted by Crippen LogP contribution is 2.37. The topological polar surface area (TPSA) is 49.4 Å². The predicted octanol–water partition coefficient (Wildman–Crippen LogP) is 4.81. The maximum atomic E-state index is 14.1. The summed E-state index contributed by atoms with van der Waals surface area (Å²) >= 11 is 1.18. The van der Waals surface area contributed by atoms with Crippen LogP contribution in [0.1, 0.15) is 0 Å². The van der Waals surface area contributed by atoms with Crippen molar-refractivity contribution < 1.29 is 14.0 Å². The summed E-state index contributed by atoms with van der Waals surface area (Å²) in [7, 11) is 0. The third-order valence-electron chi connectivity index (χ3n) is 4.15. The van der Waals surface area contributed by atoms with Gasteiger partial charge in [0.05, 0.1) is 11.4 Å². The Morgan fingerprint density at radius 1 is 0.750 bits per heavy atom. The first-order valence-electron chi connectivity index (χ1n) is 8.58. The lowest BCUT2D eigenvalue weighted by molar-refractivity contribution is -0.120. The molecule has 28 heavy (non-hydrogen) atoms. The molecule has 0 aliphatic carbocycles. The van der Waals surface area contributed by atoms with Gasteiger partial charge in [0, 0.05) is 4.90 Å². The summed E-state index contributed by atoms with van der Waals surface area (Å²) in [6, 6.07) is 24.0. The van der Waals surface area contributed by atoms with Crippen LogP contribution in [0.4, 0.5) is 15.8 Å². The molecule has 0 saturated carbocycles. The van der Waals surface area contributed by atoms with Gasteiger partial charge in [-0.15, -0.1) is 0 Å². The number of amides is 2. The van der Waals surface area contributed by atoms with Crippen LogP contribution < -0.4 is 10.2 Å². The molecule has 0 saturated heterocycles. The van der Waals surface area contributed by atoms with Crippen LogP contribution in [0, 0.1) is 5.82 Å². The van der Waals surface area contributed by atoms with Crippen LogP contribution in [0.2, 0.25) is 0 Å². The Morgan fingerprint density at radius 2 is 1.36 bits per heavy atom. The molecule has 0 radical (unpaired) electrons. The molecular formula is C22H15FN2O2S. The second kappa shape index (κ2) is 7.70. The lowest BCUT2D eigenvalue weighted by atomic mass is 10.3. The molecule has 3 aromatic rings. The molecule has 138 valence electrons. The average molecular weight is 390 g/mol. The van der Waals surface area contributed by atoms with E-state index in [4.69, 9.17) is 0 Å². The number of halogens is 1. The molecule has 4 rings (SSSR count). The van der Waals surface area contributed by atoms with Gasteiger partial charge in [0.1, 0.15) is 16.4 Å². The fourth-order valence-corrected chi connectivity index (χ4v) is 3.78. The minimum atomic E-state index is -0.516. The van der Waals surface area contributed by atoms with Crippen LogP contribution >= 0.6 is 11.8 Å². The first-order chi connectivity index (χ1) is 13.6. The van der Waals surface area contributed by atoms with Crippen molar-refractivity contribution in [3.8, 4) is 0 Å². The average Bonchev–Trinajstić information content (AvgIpc) is 2.95. The summed E-state index contributed by atoms with van der Waals surface area (Å²) in [5.41, 5.74) is 0.668. The second-order valence-corrected chi connectivity index (χ2v) is 7.09. The van der Waals surface area contributed by atoms with Crippen LogP contribution in [0.3, 0.4) is 0 Å². The van der Waals surface area contributed by atoms with Crippen molar-refractivity contribution in [3.05, 3.63) is 101 Å². The highest BCUT2D eigenvalue weighted by molar-refractivity contribution is 8.04. The van der Waals surface area contributed by atoms with Gasteiger partial charge in [-0.25, -0.2) is 9.29 Å². The third-order valence-corrected chi connectivity index (χ3v) is 5.24. The molecule has 0 bridgehead atoms. The van der Waals surface area contributed by atoms with Crippen molar-refractivity contribution in [2.45, 2.75) is 4.90 Å². The zero-order chi connectivity index (χ0) is 19.5. The Morgan fingerprint density at radius 3 is 2.04 bits per heavy atom. The molecule has 1 aliphatic rings. The number of nitrogens with zero attached hydrogens (tertiary/aromatic N) is 1. The maximum Gasteiger partial charge on any atom is 0.283 e. The Bertz CT molecular complexity index is 1070. The fraction of sp³-hybridized carbons (Fsp3) is 0. The minimum Gasteiger partial charge on any atom is -0.348 e. The number of hydrogen-bond acceptors (Lipinski definition) is 4. The van der Waals surface area contributed by atoms with Crippen LogP contribution in [-0.4, -0.2) is 11.8 Å². The molecule has 1 aliphatic heterocycles. The largest absolute Gasteiger partial charge is 0.348 e. The number of para-hydroxylation sites is 2. The van der Waals surface area contributed by atoms with Crippen molar-refractivity contribution >= 4 is 35.0 Å². The zero-order valence-corrected chi connectivity index (χ0v) is 15.4. The number of anilines is 2. The summed E-state index contributed by atoms with van der Waals surface area (Å²) in [5, 5.41) is 2.83. The summed E-state index contributed by atoms with van der Waals surface area (Å²) in [6.45, 7) is 0.